The standard InChI is InChI=1S/C14H12N6OS2/c1-21-12-5-3-2-4-11(12)20-14(16-17-18-20)23-9-10-8-19-6-7-22-13(19)15-10/h2-8H,9H2,1H3. The number of aromatic nitrogens is 6. The molecule has 3 aromatic heterocycles. The van der Waals surface area contributed by atoms with E-state index < -0.39 is 0 Å². The SMILES string of the molecule is COc1ccccc1-n1nnnc1SCc1cn2ccsc2n1. The summed E-state index contributed by atoms with van der Waals surface area (Å²) in [6, 6.07) is 7.65. The first kappa shape index (κ1) is 14.2. The molecule has 0 saturated heterocycles. The van der Waals surface area contributed by atoms with Crippen molar-refractivity contribution >= 4 is 28.1 Å². The van der Waals surface area contributed by atoms with Crippen molar-refractivity contribution in [1.29, 1.82) is 0 Å². The minimum atomic E-state index is 0.698. The zero-order valence-electron chi connectivity index (χ0n) is 12.2. The molecule has 0 amide bonds. The Labute approximate surface area is 139 Å². The summed E-state index contributed by atoms with van der Waals surface area (Å²) in [5, 5.41) is 14.7. The summed E-state index contributed by atoms with van der Waals surface area (Å²) in [6.07, 6.45) is 4.02. The second kappa shape index (κ2) is 6.01. The van der Waals surface area contributed by atoms with Crippen LogP contribution in [0.15, 0.2) is 47.2 Å². The summed E-state index contributed by atoms with van der Waals surface area (Å²) in [6.45, 7) is 0. The molecule has 23 heavy (non-hydrogen) atoms. The lowest BCUT2D eigenvalue weighted by Gasteiger charge is -2.08. The van der Waals surface area contributed by atoms with Crippen molar-refractivity contribution in [2.24, 2.45) is 0 Å². The van der Waals surface area contributed by atoms with Crippen molar-refractivity contribution in [1.82, 2.24) is 29.6 Å². The number of hydrogen-bond donors (Lipinski definition) is 0. The molecule has 0 N–H and O–H groups in total. The molecule has 4 aromatic rings. The first-order chi connectivity index (χ1) is 11.3. The molecule has 0 fully saturated rings. The fourth-order valence-electron chi connectivity index (χ4n) is 2.21. The fraction of sp³-hybridized carbons (Fsp3) is 0.143. The minimum absolute atomic E-state index is 0.698. The molecule has 0 aliphatic carbocycles. The van der Waals surface area contributed by atoms with Crippen molar-refractivity contribution in [2.75, 3.05) is 7.11 Å². The van der Waals surface area contributed by atoms with Crippen molar-refractivity contribution in [3.8, 4) is 11.4 Å². The monoisotopic (exact) mass is 344 g/mol. The Kier molecular flexibility index (Phi) is 3.72. The molecule has 1 aromatic carbocycles. The van der Waals surface area contributed by atoms with Gasteiger partial charge in [-0.2, -0.15) is 4.68 Å². The van der Waals surface area contributed by atoms with E-state index in [0.717, 1.165) is 22.1 Å². The Balaban J connectivity index is 1.58. The van der Waals surface area contributed by atoms with Gasteiger partial charge in [0.05, 0.1) is 12.8 Å². The van der Waals surface area contributed by atoms with E-state index in [4.69, 9.17) is 4.74 Å². The topological polar surface area (TPSA) is 70.1 Å². The second-order valence-corrected chi connectivity index (χ2v) is 6.47. The molecule has 9 heteroatoms. The van der Waals surface area contributed by atoms with Crippen LogP contribution in [0.1, 0.15) is 5.69 Å². The van der Waals surface area contributed by atoms with E-state index in [1.165, 1.54) is 11.8 Å². The van der Waals surface area contributed by atoms with Gasteiger partial charge in [0, 0.05) is 23.5 Å². The number of thioether (sulfide) groups is 1. The average Bonchev–Trinajstić information content (AvgIpc) is 3.28. The van der Waals surface area contributed by atoms with E-state index in [1.807, 2.05) is 46.4 Å². The number of ether oxygens (including phenoxy) is 1. The summed E-state index contributed by atoms with van der Waals surface area (Å²) >= 11 is 3.16. The highest BCUT2D eigenvalue weighted by molar-refractivity contribution is 7.98. The zero-order chi connectivity index (χ0) is 15.6. The lowest BCUT2D eigenvalue weighted by atomic mass is 10.3. The van der Waals surface area contributed by atoms with E-state index >= 15 is 0 Å². The molecular weight excluding hydrogens is 332 g/mol. The molecule has 0 bridgehead atoms. The number of nitrogens with zero attached hydrogens (tertiary/aromatic N) is 6. The van der Waals surface area contributed by atoms with Gasteiger partial charge in [-0.25, -0.2) is 4.98 Å². The Bertz CT molecular complexity index is 915. The Hall–Kier alpha value is -2.39. The number of fused-ring (bicyclic) bond motifs is 1. The summed E-state index contributed by atoms with van der Waals surface area (Å²) in [7, 11) is 1.63. The van der Waals surface area contributed by atoms with Crippen molar-refractivity contribution in [2.45, 2.75) is 10.9 Å². The molecule has 0 unspecified atom stereocenters. The number of thiazole rings is 1. The van der Waals surface area contributed by atoms with Gasteiger partial charge in [0.2, 0.25) is 5.16 Å². The summed E-state index contributed by atoms with van der Waals surface area (Å²) in [5.41, 5.74) is 1.81. The Morgan fingerprint density at radius 1 is 1.30 bits per heavy atom. The van der Waals surface area contributed by atoms with Crippen LogP contribution < -0.4 is 4.74 Å². The van der Waals surface area contributed by atoms with Crippen LogP contribution in [0.5, 0.6) is 5.75 Å². The number of benzene rings is 1. The molecule has 0 atom stereocenters. The first-order valence-corrected chi connectivity index (χ1v) is 8.67. The van der Waals surface area contributed by atoms with Crippen molar-refractivity contribution < 1.29 is 4.74 Å². The molecular formula is C14H12N6OS2. The van der Waals surface area contributed by atoms with Gasteiger partial charge in [-0.3, -0.25) is 4.40 Å². The molecule has 0 spiro atoms. The third-order valence-electron chi connectivity index (χ3n) is 3.25. The van der Waals surface area contributed by atoms with Crippen LogP contribution in [0.3, 0.4) is 0 Å². The smallest absolute Gasteiger partial charge is 0.214 e. The minimum Gasteiger partial charge on any atom is -0.494 e. The Morgan fingerprint density at radius 3 is 3.09 bits per heavy atom. The molecule has 3 heterocycles. The lowest BCUT2D eigenvalue weighted by Crippen LogP contribution is -2.01. The van der Waals surface area contributed by atoms with E-state index in [0.29, 0.717) is 10.9 Å². The molecule has 0 aliphatic rings. The van der Waals surface area contributed by atoms with E-state index in [2.05, 4.69) is 20.5 Å². The van der Waals surface area contributed by atoms with Crippen LogP contribution in [0.4, 0.5) is 0 Å². The summed E-state index contributed by atoms with van der Waals surface area (Å²) in [5.74, 6) is 1.42. The van der Waals surface area contributed by atoms with Gasteiger partial charge in [-0.05, 0) is 22.6 Å². The maximum Gasteiger partial charge on any atom is 0.214 e. The largest absolute Gasteiger partial charge is 0.494 e. The predicted octanol–water partition coefficient (Wildman–Crippen LogP) is 2.67. The van der Waals surface area contributed by atoms with Gasteiger partial charge < -0.3 is 4.74 Å². The molecule has 4 rings (SSSR count). The molecule has 7 nitrogen and oxygen atoms in total. The van der Waals surface area contributed by atoms with Gasteiger partial charge in [0.1, 0.15) is 11.4 Å². The normalized spacial score (nSPS) is 11.2. The molecule has 0 aliphatic heterocycles. The number of tetrazole rings is 1. The quantitative estimate of drug-likeness (QED) is 0.519. The predicted molar refractivity (Wildman–Crippen MR) is 88.3 cm³/mol. The third kappa shape index (κ3) is 2.68. The highest BCUT2D eigenvalue weighted by Gasteiger charge is 2.14. The third-order valence-corrected chi connectivity index (χ3v) is 4.97. The second-order valence-electron chi connectivity index (χ2n) is 4.66. The van der Waals surface area contributed by atoms with Gasteiger partial charge in [0.25, 0.3) is 0 Å². The van der Waals surface area contributed by atoms with Gasteiger partial charge in [0.15, 0.2) is 4.96 Å². The maximum absolute atomic E-state index is 5.38. The van der Waals surface area contributed by atoms with Crippen LogP contribution in [0.2, 0.25) is 0 Å². The van der Waals surface area contributed by atoms with Gasteiger partial charge in [-0.15, -0.1) is 16.4 Å². The van der Waals surface area contributed by atoms with Crippen LogP contribution in [0.25, 0.3) is 10.6 Å². The highest BCUT2D eigenvalue weighted by atomic mass is 32.2. The fourth-order valence-corrected chi connectivity index (χ4v) is 3.70. The van der Waals surface area contributed by atoms with Crippen LogP contribution >= 0.6 is 23.1 Å². The maximum atomic E-state index is 5.38. The Morgan fingerprint density at radius 2 is 2.22 bits per heavy atom. The van der Waals surface area contributed by atoms with E-state index in [1.54, 1.807) is 23.1 Å². The number of imidazole rings is 1. The number of hydrogen-bond acceptors (Lipinski definition) is 7. The summed E-state index contributed by atoms with van der Waals surface area (Å²) in [4.78, 5) is 5.56. The van der Waals surface area contributed by atoms with Crippen molar-refractivity contribution in [3.63, 3.8) is 0 Å². The van der Waals surface area contributed by atoms with Gasteiger partial charge in [-0.1, -0.05) is 23.9 Å². The van der Waals surface area contributed by atoms with Crippen LogP contribution in [-0.2, 0) is 5.75 Å². The molecule has 0 radical (unpaired) electrons. The van der Waals surface area contributed by atoms with E-state index in [-0.39, 0.29) is 0 Å². The molecule has 116 valence electrons. The number of methoxy groups -OCH3 is 1. The number of rotatable bonds is 5. The van der Waals surface area contributed by atoms with Crippen molar-refractivity contribution in [3.05, 3.63) is 47.7 Å². The zero-order valence-corrected chi connectivity index (χ0v) is 13.8. The lowest BCUT2D eigenvalue weighted by molar-refractivity contribution is 0.410. The van der Waals surface area contributed by atoms with E-state index in [9.17, 15) is 0 Å². The van der Waals surface area contributed by atoms with Crippen LogP contribution in [0, 0.1) is 0 Å². The van der Waals surface area contributed by atoms with Gasteiger partial charge >= 0.3 is 0 Å². The average molecular weight is 344 g/mol. The molecule has 0 saturated carbocycles. The van der Waals surface area contributed by atoms with Crippen LogP contribution in [-0.4, -0.2) is 36.7 Å². The highest BCUT2D eigenvalue weighted by Crippen LogP contribution is 2.27. The first-order valence-electron chi connectivity index (χ1n) is 6.81. The number of para-hydroxylation sites is 2. The summed E-state index contributed by atoms with van der Waals surface area (Å²) < 4.78 is 9.08.